The fraction of sp³-hybridized carbons (Fsp3) is 0.235. The van der Waals surface area contributed by atoms with Gasteiger partial charge in [0.1, 0.15) is 5.82 Å². The molecule has 0 saturated heterocycles. The van der Waals surface area contributed by atoms with Crippen molar-refractivity contribution in [3.63, 3.8) is 0 Å². The van der Waals surface area contributed by atoms with Gasteiger partial charge >= 0.3 is 6.03 Å². The van der Waals surface area contributed by atoms with Crippen LogP contribution in [0.3, 0.4) is 0 Å². The molecule has 0 heterocycles. The van der Waals surface area contributed by atoms with E-state index in [-0.39, 0.29) is 5.69 Å². The van der Waals surface area contributed by atoms with Gasteiger partial charge in [-0.05, 0) is 36.1 Å². The molecule has 0 radical (unpaired) electrons. The molecular formula is C17H19FN2O. The Labute approximate surface area is 124 Å². The Hall–Kier alpha value is -2.36. The summed E-state index contributed by atoms with van der Waals surface area (Å²) < 4.78 is 13.5. The second-order valence-corrected chi connectivity index (χ2v) is 4.72. The van der Waals surface area contributed by atoms with E-state index in [1.54, 1.807) is 12.1 Å². The first kappa shape index (κ1) is 15.0. The number of para-hydroxylation sites is 2. The van der Waals surface area contributed by atoms with Gasteiger partial charge < -0.3 is 10.6 Å². The molecule has 2 aromatic carbocycles. The van der Waals surface area contributed by atoms with Gasteiger partial charge in [0, 0.05) is 5.69 Å². The third kappa shape index (κ3) is 3.60. The number of benzene rings is 2. The van der Waals surface area contributed by atoms with Gasteiger partial charge in [0.2, 0.25) is 0 Å². The van der Waals surface area contributed by atoms with Gasteiger partial charge in [-0.3, -0.25) is 0 Å². The molecule has 0 aliphatic carbocycles. The predicted octanol–water partition coefficient (Wildman–Crippen LogP) is 4.59. The Balaban J connectivity index is 2.18. The number of amides is 2. The summed E-state index contributed by atoms with van der Waals surface area (Å²) in [6.07, 6.45) is 1.65. The van der Waals surface area contributed by atoms with Crippen LogP contribution in [0.4, 0.5) is 20.6 Å². The van der Waals surface area contributed by atoms with Gasteiger partial charge in [-0.1, -0.05) is 44.2 Å². The molecule has 0 aliphatic rings. The minimum atomic E-state index is -0.452. The Morgan fingerprint density at radius 1 is 0.952 bits per heavy atom. The van der Waals surface area contributed by atoms with Crippen LogP contribution in [0.2, 0.25) is 0 Å². The molecule has 0 unspecified atom stereocenters. The third-order valence-electron chi connectivity index (χ3n) is 3.36. The van der Waals surface area contributed by atoms with Crippen LogP contribution >= 0.6 is 0 Å². The Morgan fingerprint density at radius 3 is 2.14 bits per heavy atom. The van der Waals surface area contributed by atoms with E-state index in [9.17, 15) is 9.18 Å². The molecule has 0 spiro atoms. The molecule has 0 fully saturated rings. The van der Waals surface area contributed by atoms with Crippen molar-refractivity contribution in [2.75, 3.05) is 10.6 Å². The highest BCUT2D eigenvalue weighted by Gasteiger charge is 2.11. The second kappa shape index (κ2) is 6.88. The summed E-state index contributed by atoms with van der Waals surface area (Å²) in [4.78, 5) is 12.1. The highest BCUT2D eigenvalue weighted by molar-refractivity contribution is 6.00. The Bertz CT molecular complexity index is 618. The van der Waals surface area contributed by atoms with Gasteiger partial charge in [0.05, 0.1) is 5.69 Å². The van der Waals surface area contributed by atoms with Crippen LogP contribution in [0.5, 0.6) is 0 Å². The first-order valence-corrected chi connectivity index (χ1v) is 7.09. The molecule has 21 heavy (non-hydrogen) atoms. The van der Waals surface area contributed by atoms with Gasteiger partial charge in [-0.25, -0.2) is 9.18 Å². The lowest BCUT2D eigenvalue weighted by molar-refractivity contribution is 0.262. The SMILES string of the molecule is CCc1cccc(CC)c1NC(=O)Nc1ccccc1F. The molecule has 2 amide bonds. The number of carbonyl (C=O) groups excluding carboxylic acids is 1. The predicted molar refractivity (Wildman–Crippen MR) is 84.2 cm³/mol. The monoisotopic (exact) mass is 286 g/mol. The lowest BCUT2D eigenvalue weighted by atomic mass is 10.0. The number of rotatable bonds is 4. The maximum Gasteiger partial charge on any atom is 0.323 e. The number of nitrogens with one attached hydrogen (secondary N) is 2. The molecule has 3 nitrogen and oxygen atoms in total. The number of hydrogen-bond acceptors (Lipinski definition) is 1. The van der Waals surface area contributed by atoms with Crippen molar-refractivity contribution in [3.05, 3.63) is 59.4 Å². The lowest BCUT2D eigenvalue weighted by Crippen LogP contribution is -2.21. The first-order chi connectivity index (χ1) is 10.2. The van der Waals surface area contributed by atoms with Crippen LogP contribution in [-0.4, -0.2) is 6.03 Å². The number of carbonyl (C=O) groups is 1. The maximum absolute atomic E-state index is 13.5. The molecule has 2 aromatic rings. The van der Waals surface area contributed by atoms with Crippen molar-refractivity contribution in [1.29, 1.82) is 0 Å². The van der Waals surface area contributed by atoms with Crippen molar-refractivity contribution in [1.82, 2.24) is 0 Å². The average molecular weight is 286 g/mol. The van der Waals surface area contributed by atoms with Crippen molar-refractivity contribution in [2.24, 2.45) is 0 Å². The zero-order chi connectivity index (χ0) is 15.2. The van der Waals surface area contributed by atoms with Gasteiger partial charge in [-0.15, -0.1) is 0 Å². The molecule has 0 saturated carbocycles. The number of hydrogen-bond donors (Lipinski definition) is 2. The van der Waals surface area contributed by atoms with E-state index in [1.807, 2.05) is 32.0 Å². The number of urea groups is 1. The van der Waals surface area contributed by atoms with Crippen molar-refractivity contribution < 1.29 is 9.18 Å². The summed E-state index contributed by atoms with van der Waals surface area (Å²) >= 11 is 0. The molecule has 4 heteroatoms. The van der Waals surface area contributed by atoms with E-state index >= 15 is 0 Å². The van der Waals surface area contributed by atoms with E-state index in [2.05, 4.69) is 10.6 Å². The molecule has 0 aliphatic heterocycles. The molecule has 0 atom stereocenters. The van der Waals surface area contributed by atoms with E-state index < -0.39 is 11.8 Å². The molecule has 2 rings (SSSR count). The van der Waals surface area contributed by atoms with Gasteiger partial charge in [0.15, 0.2) is 0 Å². The summed E-state index contributed by atoms with van der Waals surface area (Å²) in [5.41, 5.74) is 3.12. The molecule has 0 aromatic heterocycles. The van der Waals surface area contributed by atoms with Crippen LogP contribution < -0.4 is 10.6 Å². The Kier molecular flexibility index (Phi) is 4.93. The van der Waals surface area contributed by atoms with Crippen LogP contribution in [0, 0.1) is 5.82 Å². The lowest BCUT2D eigenvalue weighted by Gasteiger charge is -2.15. The van der Waals surface area contributed by atoms with Crippen LogP contribution in [-0.2, 0) is 12.8 Å². The van der Waals surface area contributed by atoms with Crippen molar-refractivity contribution >= 4 is 17.4 Å². The molecular weight excluding hydrogens is 267 g/mol. The van der Waals surface area contributed by atoms with Gasteiger partial charge in [-0.2, -0.15) is 0 Å². The number of aryl methyl sites for hydroxylation is 2. The number of anilines is 2. The fourth-order valence-electron chi connectivity index (χ4n) is 2.23. The van der Waals surface area contributed by atoms with Crippen molar-refractivity contribution in [2.45, 2.75) is 26.7 Å². The Morgan fingerprint density at radius 2 is 1.57 bits per heavy atom. The summed E-state index contributed by atoms with van der Waals surface area (Å²) in [7, 11) is 0. The van der Waals surface area contributed by atoms with Crippen LogP contribution in [0.15, 0.2) is 42.5 Å². The van der Waals surface area contributed by atoms with Crippen molar-refractivity contribution in [3.8, 4) is 0 Å². The second-order valence-electron chi connectivity index (χ2n) is 4.72. The average Bonchev–Trinajstić information content (AvgIpc) is 2.49. The minimum absolute atomic E-state index is 0.169. The number of halogens is 1. The minimum Gasteiger partial charge on any atom is -0.307 e. The third-order valence-corrected chi connectivity index (χ3v) is 3.36. The normalized spacial score (nSPS) is 10.2. The first-order valence-electron chi connectivity index (χ1n) is 7.09. The van der Waals surface area contributed by atoms with E-state index in [0.29, 0.717) is 0 Å². The van der Waals surface area contributed by atoms with E-state index in [0.717, 1.165) is 29.7 Å². The summed E-state index contributed by atoms with van der Waals surface area (Å²) in [5.74, 6) is -0.452. The van der Waals surface area contributed by atoms with Crippen LogP contribution in [0.1, 0.15) is 25.0 Å². The summed E-state index contributed by atoms with van der Waals surface area (Å²) in [6, 6.07) is 11.6. The highest BCUT2D eigenvalue weighted by Crippen LogP contribution is 2.23. The van der Waals surface area contributed by atoms with Gasteiger partial charge in [0.25, 0.3) is 0 Å². The standard InChI is InChI=1S/C17H19FN2O/c1-3-12-8-7-9-13(4-2)16(12)20-17(21)19-15-11-6-5-10-14(15)18/h5-11H,3-4H2,1-2H3,(H2,19,20,21). The summed E-state index contributed by atoms with van der Waals surface area (Å²) in [5, 5.41) is 5.38. The van der Waals surface area contributed by atoms with E-state index in [1.165, 1.54) is 12.1 Å². The fourth-order valence-corrected chi connectivity index (χ4v) is 2.23. The largest absolute Gasteiger partial charge is 0.323 e. The van der Waals surface area contributed by atoms with Crippen LogP contribution in [0.25, 0.3) is 0 Å². The quantitative estimate of drug-likeness (QED) is 0.847. The van der Waals surface area contributed by atoms with E-state index in [4.69, 9.17) is 0 Å². The smallest absolute Gasteiger partial charge is 0.307 e. The maximum atomic E-state index is 13.5. The zero-order valence-electron chi connectivity index (χ0n) is 12.2. The summed E-state index contributed by atoms with van der Waals surface area (Å²) in [6.45, 7) is 4.07. The highest BCUT2D eigenvalue weighted by atomic mass is 19.1. The molecule has 0 bridgehead atoms. The molecule has 110 valence electrons. The zero-order valence-corrected chi connectivity index (χ0v) is 12.2. The topological polar surface area (TPSA) is 41.1 Å². The molecule has 2 N–H and O–H groups in total.